The molecule has 1 atom stereocenters. The number of rotatable bonds is 3. The van der Waals surface area contributed by atoms with Crippen LogP contribution in [0.2, 0.25) is 0 Å². The highest BCUT2D eigenvalue weighted by Gasteiger charge is 2.36. The van der Waals surface area contributed by atoms with E-state index in [0.717, 1.165) is 33.8 Å². The molecular weight excluding hydrogens is 352 g/mol. The van der Waals surface area contributed by atoms with Crippen LogP contribution in [0.4, 0.5) is 0 Å². The summed E-state index contributed by atoms with van der Waals surface area (Å²) in [5, 5.41) is 14.4. The fourth-order valence-corrected chi connectivity index (χ4v) is 3.50. The minimum atomic E-state index is -0.348. The smallest absolute Gasteiger partial charge is 0.229 e. The van der Waals surface area contributed by atoms with E-state index in [2.05, 4.69) is 11.2 Å². The Morgan fingerprint density at radius 3 is 2.39 bits per heavy atom. The number of methoxy groups -OCH3 is 1. The molecule has 0 aliphatic carbocycles. The Kier molecular flexibility index (Phi) is 4.28. The van der Waals surface area contributed by atoms with Gasteiger partial charge in [-0.3, -0.25) is 0 Å². The molecule has 0 bridgehead atoms. The molecule has 2 heterocycles. The van der Waals surface area contributed by atoms with Crippen molar-refractivity contribution in [3.63, 3.8) is 0 Å². The Morgan fingerprint density at radius 2 is 1.79 bits per heavy atom. The average Bonchev–Trinajstić information content (AvgIpc) is 3.03. The van der Waals surface area contributed by atoms with Crippen molar-refractivity contribution in [2.24, 2.45) is 5.73 Å². The number of nitrogens with two attached hydrogens (primary N) is 1. The number of aryl methyl sites for hydroxylation is 2. The van der Waals surface area contributed by atoms with Gasteiger partial charge in [0.25, 0.3) is 0 Å². The fraction of sp³-hybridized carbons (Fsp3) is 0.182. The zero-order chi connectivity index (χ0) is 19.8. The summed E-state index contributed by atoms with van der Waals surface area (Å²) >= 11 is 0. The van der Waals surface area contributed by atoms with Gasteiger partial charge in [-0.15, -0.1) is 0 Å². The molecule has 3 aromatic rings. The Labute approximate surface area is 163 Å². The van der Waals surface area contributed by atoms with Crippen LogP contribution in [-0.2, 0) is 0 Å². The van der Waals surface area contributed by atoms with Gasteiger partial charge in [-0.05, 0) is 43.7 Å². The molecule has 6 nitrogen and oxygen atoms in total. The van der Waals surface area contributed by atoms with E-state index in [-0.39, 0.29) is 11.8 Å². The van der Waals surface area contributed by atoms with Crippen molar-refractivity contribution in [3.8, 4) is 23.4 Å². The van der Waals surface area contributed by atoms with Crippen molar-refractivity contribution in [1.29, 1.82) is 5.26 Å². The SMILES string of the molecule is COc1ccc([C@@H]2C(C#N)=C(N)Oc3c2c(C)nn3-c2ccc(C)cc2)cc1. The van der Waals surface area contributed by atoms with Gasteiger partial charge in [0, 0.05) is 0 Å². The molecular formula is C22H20N4O2. The fourth-order valence-electron chi connectivity index (χ4n) is 3.50. The van der Waals surface area contributed by atoms with Gasteiger partial charge in [-0.25, -0.2) is 4.68 Å². The van der Waals surface area contributed by atoms with E-state index >= 15 is 0 Å². The monoisotopic (exact) mass is 372 g/mol. The second kappa shape index (κ2) is 6.78. The zero-order valence-corrected chi connectivity index (χ0v) is 15.9. The lowest BCUT2D eigenvalue weighted by Gasteiger charge is -2.25. The maximum atomic E-state index is 9.75. The molecule has 6 heteroatoms. The van der Waals surface area contributed by atoms with Gasteiger partial charge in [-0.1, -0.05) is 29.8 Å². The second-order valence-electron chi connectivity index (χ2n) is 6.75. The number of nitriles is 1. The summed E-state index contributed by atoms with van der Waals surface area (Å²) in [6.45, 7) is 3.95. The van der Waals surface area contributed by atoms with Gasteiger partial charge >= 0.3 is 0 Å². The van der Waals surface area contributed by atoms with Crippen molar-refractivity contribution in [2.45, 2.75) is 19.8 Å². The van der Waals surface area contributed by atoms with Crippen LogP contribution in [0, 0.1) is 25.2 Å². The molecule has 0 fully saturated rings. The first-order valence-corrected chi connectivity index (χ1v) is 8.91. The Balaban J connectivity index is 1.91. The van der Waals surface area contributed by atoms with Crippen molar-refractivity contribution in [1.82, 2.24) is 9.78 Å². The molecule has 1 aliphatic heterocycles. The van der Waals surface area contributed by atoms with E-state index < -0.39 is 0 Å². The number of hydrogen-bond acceptors (Lipinski definition) is 5. The Hall–Kier alpha value is -3.72. The lowest BCUT2D eigenvalue weighted by molar-refractivity contribution is 0.367. The van der Waals surface area contributed by atoms with Gasteiger partial charge in [0.05, 0.1) is 30.0 Å². The van der Waals surface area contributed by atoms with Crippen molar-refractivity contribution in [3.05, 3.63) is 82.4 Å². The zero-order valence-electron chi connectivity index (χ0n) is 15.9. The lowest BCUT2D eigenvalue weighted by Crippen LogP contribution is -2.22. The van der Waals surface area contributed by atoms with Gasteiger partial charge < -0.3 is 15.2 Å². The summed E-state index contributed by atoms with van der Waals surface area (Å²) in [7, 11) is 1.62. The molecule has 4 rings (SSSR count). The van der Waals surface area contributed by atoms with E-state index in [1.54, 1.807) is 11.8 Å². The average molecular weight is 372 g/mol. The number of benzene rings is 2. The van der Waals surface area contributed by atoms with Crippen molar-refractivity contribution in [2.75, 3.05) is 7.11 Å². The first kappa shape index (κ1) is 17.7. The number of hydrogen-bond donors (Lipinski definition) is 1. The van der Waals surface area contributed by atoms with Gasteiger partial charge in [0.1, 0.15) is 17.4 Å². The summed E-state index contributed by atoms with van der Waals surface area (Å²) in [6.07, 6.45) is 0. The van der Waals surface area contributed by atoms with Crippen LogP contribution in [0.1, 0.15) is 28.3 Å². The molecule has 0 saturated heterocycles. The molecule has 0 saturated carbocycles. The molecule has 0 unspecified atom stereocenters. The molecule has 1 aliphatic rings. The predicted molar refractivity (Wildman–Crippen MR) is 105 cm³/mol. The molecule has 0 radical (unpaired) electrons. The van der Waals surface area contributed by atoms with Crippen LogP contribution in [0.15, 0.2) is 60.0 Å². The maximum absolute atomic E-state index is 9.75. The van der Waals surface area contributed by atoms with E-state index in [0.29, 0.717) is 11.5 Å². The van der Waals surface area contributed by atoms with Crippen molar-refractivity contribution < 1.29 is 9.47 Å². The second-order valence-corrected chi connectivity index (χ2v) is 6.75. The van der Waals surface area contributed by atoms with E-state index in [9.17, 15) is 5.26 Å². The third-order valence-corrected chi connectivity index (χ3v) is 4.96. The van der Waals surface area contributed by atoms with E-state index in [1.807, 2.05) is 62.4 Å². The topological polar surface area (TPSA) is 86.1 Å². The van der Waals surface area contributed by atoms with Crippen LogP contribution in [0.3, 0.4) is 0 Å². The van der Waals surface area contributed by atoms with Crippen LogP contribution >= 0.6 is 0 Å². The minimum Gasteiger partial charge on any atom is -0.497 e. The maximum Gasteiger partial charge on any atom is 0.229 e. The van der Waals surface area contributed by atoms with E-state index in [1.165, 1.54) is 0 Å². The lowest BCUT2D eigenvalue weighted by atomic mass is 9.84. The van der Waals surface area contributed by atoms with Crippen LogP contribution in [-0.4, -0.2) is 16.9 Å². The number of aromatic nitrogens is 2. The summed E-state index contributed by atoms with van der Waals surface area (Å²) in [6, 6.07) is 17.8. The quantitative estimate of drug-likeness (QED) is 0.757. The van der Waals surface area contributed by atoms with Crippen LogP contribution < -0.4 is 15.2 Å². The number of ether oxygens (including phenoxy) is 2. The number of fused-ring (bicyclic) bond motifs is 1. The summed E-state index contributed by atoms with van der Waals surface area (Å²) in [5.74, 6) is 1.04. The van der Waals surface area contributed by atoms with Crippen LogP contribution in [0.5, 0.6) is 11.6 Å². The Morgan fingerprint density at radius 1 is 1.11 bits per heavy atom. The summed E-state index contributed by atoms with van der Waals surface area (Å²) < 4.78 is 12.9. The highest BCUT2D eigenvalue weighted by Crippen LogP contribution is 2.44. The summed E-state index contributed by atoms with van der Waals surface area (Å²) in [5.41, 5.74) is 11.1. The molecule has 0 amide bonds. The normalized spacial score (nSPS) is 15.6. The molecule has 2 N–H and O–H groups in total. The van der Waals surface area contributed by atoms with Gasteiger partial charge in [0.15, 0.2) is 0 Å². The highest BCUT2D eigenvalue weighted by molar-refractivity contribution is 5.57. The molecule has 28 heavy (non-hydrogen) atoms. The highest BCUT2D eigenvalue weighted by atomic mass is 16.5. The largest absolute Gasteiger partial charge is 0.497 e. The molecule has 1 aromatic heterocycles. The molecule has 2 aromatic carbocycles. The predicted octanol–water partition coefficient (Wildman–Crippen LogP) is 3.72. The number of nitrogens with zero attached hydrogens (tertiary/aromatic N) is 3. The van der Waals surface area contributed by atoms with Crippen molar-refractivity contribution >= 4 is 0 Å². The summed E-state index contributed by atoms with van der Waals surface area (Å²) in [4.78, 5) is 0. The number of allylic oxidation sites excluding steroid dienone is 1. The third-order valence-electron chi connectivity index (χ3n) is 4.96. The molecule has 0 spiro atoms. The first-order chi connectivity index (χ1) is 13.5. The molecule has 140 valence electrons. The standard InChI is InChI=1S/C22H20N4O2/c1-13-4-8-16(9-5-13)26-22-19(14(2)25-26)20(18(12-23)21(24)28-22)15-6-10-17(27-3)11-7-15/h4-11,20H,24H2,1-3H3/t20-/m1/s1. The third kappa shape index (κ3) is 2.78. The van der Waals surface area contributed by atoms with E-state index in [4.69, 9.17) is 15.2 Å². The first-order valence-electron chi connectivity index (χ1n) is 8.91. The minimum absolute atomic E-state index is 0.101. The van der Waals surface area contributed by atoms with Gasteiger partial charge in [0.2, 0.25) is 11.8 Å². The Bertz CT molecular complexity index is 1100. The van der Waals surface area contributed by atoms with Gasteiger partial charge in [-0.2, -0.15) is 10.4 Å². The van der Waals surface area contributed by atoms with Crippen LogP contribution in [0.25, 0.3) is 5.69 Å².